The first-order chi connectivity index (χ1) is 8.75. The summed E-state index contributed by atoms with van der Waals surface area (Å²) in [7, 11) is 0. The predicted octanol–water partition coefficient (Wildman–Crippen LogP) is 4.01. The molecule has 0 aliphatic heterocycles. The molecule has 0 fully saturated rings. The molecule has 1 aromatic carbocycles. The molecule has 0 saturated heterocycles. The van der Waals surface area contributed by atoms with Gasteiger partial charge in [-0.25, -0.2) is 0 Å². The summed E-state index contributed by atoms with van der Waals surface area (Å²) in [6, 6.07) is 4.72. The number of hydrogen-bond donors (Lipinski definition) is 1. The van der Waals surface area contributed by atoms with Crippen molar-refractivity contribution in [3.05, 3.63) is 28.8 Å². The number of likely N-dealkylation sites (N-methyl/N-ethyl adjacent to an activating group) is 1. The van der Waals surface area contributed by atoms with E-state index in [0.29, 0.717) is 12.6 Å². The molecule has 0 bridgehead atoms. The Morgan fingerprint density at radius 1 is 1.11 bits per heavy atom. The monoisotopic (exact) mass is 263 g/mol. The number of rotatable bonds is 5. The van der Waals surface area contributed by atoms with Crippen LogP contribution in [0.15, 0.2) is 12.1 Å². The Labute approximate surface area is 118 Å². The van der Waals surface area contributed by atoms with E-state index in [9.17, 15) is 0 Å². The van der Waals surface area contributed by atoms with Crippen molar-refractivity contribution < 1.29 is 4.74 Å². The second kappa shape index (κ2) is 6.42. The minimum absolute atomic E-state index is 0.197. The van der Waals surface area contributed by atoms with E-state index < -0.39 is 0 Å². The molecule has 1 N–H and O–H groups in total. The third-order valence-corrected chi connectivity index (χ3v) is 3.49. The number of nitrogens with one attached hydrogen (secondary N) is 1. The highest BCUT2D eigenvalue weighted by Gasteiger charge is 2.24. The largest absolute Gasteiger partial charge is 0.491 e. The fourth-order valence-corrected chi connectivity index (χ4v) is 2.42. The quantitative estimate of drug-likeness (QED) is 0.866. The average Bonchev–Trinajstić information content (AvgIpc) is 2.24. The van der Waals surface area contributed by atoms with Crippen molar-refractivity contribution in [1.82, 2.24) is 5.32 Å². The van der Waals surface area contributed by atoms with Crippen LogP contribution in [0.25, 0.3) is 0 Å². The van der Waals surface area contributed by atoms with Gasteiger partial charge in [-0.3, -0.25) is 0 Å². The lowest BCUT2D eigenvalue weighted by atomic mass is 9.87. The lowest BCUT2D eigenvalue weighted by Gasteiger charge is -2.31. The van der Waals surface area contributed by atoms with E-state index in [1.54, 1.807) is 0 Å². The first kappa shape index (κ1) is 16.0. The van der Waals surface area contributed by atoms with Crippen LogP contribution < -0.4 is 10.1 Å². The Balaban J connectivity index is 2.80. The van der Waals surface area contributed by atoms with Gasteiger partial charge in [0.1, 0.15) is 12.4 Å². The third kappa shape index (κ3) is 4.54. The van der Waals surface area contributed by atoms with E-state index in [4.69, 9.17) is 4.74 Å². The molecule has 0 heterocycles. The molecule has 1 atom stereocenters. The van der Waals surface area contributed by atoms with E-state index in [2.05, 4.69) is 65.9 Å². The second-order valence-electron chi connectivity index (χ2n) is 6.52. The van der Waals surface area contributed by atoms with E-state index in [0.717, 1.165) is 12.3 Å². The van der Waals surface area contributed by atoms with Gasteiger partial charge in [0.15, 0.2) is 0 Å². The van der Waals surface area contributed by atoms with Crippen LogP contribution in [0.3, 0.4) is 0 Å². The second-order valence-corrected chi connectivity index (χ2v) is 6.52. The summed E-state index contributed by atoms with van der Waals surface area (Å²) in [5.74, 6) is 1.04. The lowest BCUT2D eigenvalue weighted by molar-refractivity contribution is 0.174. The summed E-state index contributed by atoms with van der Waals surface area (Å²) in [4.78, 5) is 0. The van der Waals surface area contributed by atoms with Crippen molar-refractivity contribution in [2.24, 2.45) is 5.41 Å². The maximum atomic E-state index is 6.10. The minimum atomic E-state index is 0.197. The molecular weight excluding hydrogens is 234 g/mol. The SMILES string of the molecule is CCNC(COc1c(C)cc(C)cc1C)C(C)(C)C. The summed E-state index contributed by atoms with van der Waals surface area (Å²) < 4.78 is 6.10. The number of ether oxygens (including phenoxy) is 1. The molecule has 19 heavy (non-hydrogen) atoms. The van der Waals surface area contributed by atoms with Gasteiger partial charge in [0.2, 0.25) is 0 Å². The van der Waals surface area contributed by atoms with Crippen LogP contribution in [0.1, 0.15) is 44.4 Å². The highest BCUT2D eigenvalue weighted by atomic mass is 16.5. The van der Waals surface area contributed by atoms with Gasteiger partial charge >= 0.3 is 0 Å². The van der Waals surface area contributed by atoms with E-state index >= 15 is 0 Å². The van der Waals surface area contributed by atoms with Gasteiger partial charge in [-0.15, -0.1) is 0 Å². The van der Waals surface area contributed by atoms with Crippen molar-refractivity contribution >= 4 is 0 Å². The maximum absolute atomic E-state index is 6.10. The zero-order valence-corrected chi connectivity index (χ0v) is 13.6. The Morgan fingerprint density at radius 2 is 1.63 bits per heavy atom. The van der Waals surface area contributed by atoms with Crippen LogP contribution in [0, 0.1) is 26.2 Å². The van der Waals surface area contributed by atoms with Crippen molar-refractivity contribution in [1.29, 1.82) is 0 Å². The molecular formula is C17H29NO. The number of hydrogen-bond acceptors (Lipinski definition) is 2. The highest BCUT2D eigenvalue weighted by molar-refractivity contribution is 5.42. The molecule has 0 aliphatic carbocycles. The smallest absolute Gasteiger partial charge is 0.125 e. The van der Waals surface area contributed by atoms with Crippen LogP contribution in [0.5, 0.6) is 5.75 Å². The minimum Gasteiger partial charge on any atom is -0.491 e. The molecule has 0 aromatic heterocycles. The molecule has 1 unspecified atom stereocenters. The van der Waals surface area contributed by atoms with E-state index in [1.165, 1.54) is 16.7 Å². The normalized spacial score (nSPS) is 13.4. The van der Waals surface area contributed by atoms with Crippen LogP contribution in [-0.4, -0.2) is 19.2 Å². The summed E-state index contributed by atoms with van der Waals surface area (Å²) >= 11 is 0. The molecule has 2 heteroatoms. The summed E-state index contributed by atoms with van der Waals surface area (Å²) in [5, 5.41) is 3.52. The Morgan fingerprint density at radius 3 is 2.05 bits per heavy atom. The molecule has 0 saturated carbocycles. The van der Waals surface area contributed by atoms with E-state index in [1.807, 2.05) is 0 Å². The zero-order chi connectivity index (χ0) is 14.6. The zero-order valence-electron chi connectivity index (χ0n) is 13.6. The topological polar surface area (TPSA) is 21.3 Å². The van der Waals surface area contributed by atoms with Crippen LogP contribution in [0.4, 0.5) is 0 Å². The lowest BCUT2D eigenvalue weighted by Crippen LogP contribution is -2.44. The van der Waals surface area contributed by atoms with Crippen LogP contribution in [0.2, 0.25) is 0 Å². The fraction of sp³-hybridized carbons (Fsp3) is 0.647. The summed E-state index contributed by atoms with van der Waals surface area (Å²) in [5.41, 5.74) is 3.94. The Hall–Kier alpha value is -1.02. The maximum Gasteiger partial charge on any atom is 0.125 e. The highest BCUT2D eigenvalue weighted by Crippen LogP contribution is 2.26. The Bertz CT molecular complexity index is 395. The van der Waals surface area contributed by atoms with Crippen molar-refractivity contribution in [3.63, 3.8) is 0 Å². The first-order valence-electron chi connectivity index (χ1n) is 7.19. The number of benzene rings is 1. The molecule has 1 rings (SSSR count). The molecule has 0 spiro atoms. The number of aryl methyl sites for hydroxylation is 3. The molecule has 1 aromatic rings. The van der Waals surface area contributed by atoms with Gasteiger partial charge in [-0.05, 0) is 43.9 Å². The Kier molecular flexibility index (Phi) is 5.42. The average molecular weight is 263 g/mol. The molecule has 2 nitrogen and oxygen atoms in total. The van der Waals surface area contributed by atoms with Crippen molar-refractivity contribution in [2.45, 2.75) is 54.5 Å². The molecule has 0 radical (unpaired) electrons. The summed E-state index contributed by atoms with van der Waals surface area (Å²) in [6.45, 7) is 16.9. The fourth-order valence-electron chi connectivity index (χ4n) is 2.42. The summed E-state index contributed by atoms with van der Waals surface area (Å²) in [6.07, 6.45) is 0. The van der Waals surface area contributed by atoms with Gasteiger partial charge in [-0.1, -0.05) is 45.4 Å². The van der Waals surface area contributed by atoms with Crippen molar-refractivity contribution in [3.8, 4) is 5.75 Å². The van der Waals surface area contributed by atoms with Gasteiger partial charge in [0, 0.05) is 6.04 Å². The standard InChI is InChI=1S/C17H29NO/c1-8-18-15(17(5,6)7)11-19-16-13(3)9-12(2)10-14(16)4/h9-10,15,18H,8,11H2,1-7H3. The van der Waals surface area contributed by atoms with Gasteiger partial charge in [-0.2, -0.15) is 0 Å². The van der Waals surface area contributed by atoms with Gasteiger partial charge in [0.05, 0.1) is 0 Å². The first-order valence-corrected chi connectivity index (χ1v) is 7.19. The van der Waals surface area contributed by atoms with Crippen LogP contribution >= 0.6 is 0 Å². The third-order valence-electron chi connectivity index (χ3n) is 3.49. The van der Waals surface area contributed by atoms with Gasteiger partial charge < -0.3 is 10.1 Å². The molecule has 0 aliphatic rings. The van der Waals surface area contributed by atoms with Gasteiger partial charge in [0.25, 0.3) is 0 Å². The molecule has 0 amide bonds. The van der Waals surface area contributed by atoms with E-state index in [-0.39, 0.29) is 5.41 Å². The van der Waals surface area contributed by atoms with Crippen LogP contribution in [-0.2, 0) is 0 Å². The van der Waals surface area contributed by atoms with Crippen molar-refractivity contribution in [2.75, 3.05) is 13.2 Å². The predicted molar refractivity (Wildman–Crippen MR) is 83.1 cm³/mol. The molecule has 108 valence electrons.